The Labute approximate surface area is 102 Å². The van der Waals surface area contributed by atoms with Gasteiger partial charge in [-0.3, -0.25) is 4.79 Å². The average Bonchev–Trinajstić information content (AvgIpc) is 2.38. The number of hydrogen-bond acceptors (Lipinski definition) is 3. The van der Waals surface area contributed by atoms with Crippen LogP contribution in [-0.4, -0.2) is 25.5 Å². The van der Waals surface area contributed by atoms with Crippen LogP contribution in [0, 0.1) is 5.92 Å². The molecule has 1 aromatic rings. The van der Waals surface area contributed by atoms with Gasteiger partial charge in [-0.05, 0) is 44.0 Å². The normalized spacial score (nSPS) is 19.9. The molecule has 1 aliphatic heterocycles. The van der Waals surface area contributed by atoms with Crippen molar-refractivity contribution in [2.75, 3.05) is 25.0 Å². The van der Waals surface area contributed by atoms with Gasteiger partial charge in [0.1, 0.15) is 0 Å². The van der Waals surface area contributed by atoms with E-state index in [1.54, 1.807) is 6.07 Å². The highest BCUT2D eigenvalue weighted by atomic mass is 16.1. The lowest BCUT2D eigenvalue weighted by Crippen LogP contribution is -2.33. The Balaban J connectivity index is 1.96. The average molecular weight is 233 g/mol. The minimum atomic E-state index is -0.380. The molecule has 0 aromatic heterocycles. The minimum absolute atomic E-state index is 0.380. The summed E-state index contributed by atoms with van der Waals surface area (Å²) in [5.41, 5.74) is 6.74. The van der Waals surface area contributed by atoms with E-state index in [0.29, 0.717) is 11.5 Å². The second-order valence-electron chi connectivity index (χ2n) is 4.50. The Morgan fingerprint density at radius 2 is 2.29 bits per heavy atom. The Kier molecular flexibility index (Phi) is 3.98. The Morgan fingerprint density at radius 3 is 3.00 bits per heavy atom. The highest BCUT2D eigenvalue weighted by molar-refractivity contribution is 5.98. The third kappa shape index (κ3) is 3.20. The van der Waals surface area contributed by atoms with E-state index in [-0.39, 0.29) is 5.91 Å². The molecule has 0 bridgehead atoms. The van der Waals surface area contributed by atoms with Gasteiger partial charge < -0.3 is 16.4 Å². The topological polar surface area (TPSA) is 67.2 Å². The van der Waals surface area contributed by atoms with Gasteiger partial charge in [0, 0.05) is 12.2 Å². The van der Waals surface area contributed by atoms with E-state index in [4.69, 9.17) is 5.73 Å². The number of amides is 1. The molecule has 17 heavy (non-hydrogen) atoms. The summed E-state index contributed by atoms with van der Waals surface area (Å²) < 4.78 is 0. The molecular weight excluding hydrogens is 214 g/mol. The first-order valence-electron chi connectivity index (χ1n) is 6.11. The molecule has 4 heteroatoms. The molecule has 1 unspecified atom stereocenters. The predicted octanol–water partition coefficient (Wildman–Crippen LogP) is 1.20. The van der Waals surface area contributed by atoms with Crippen LogP contribution in [0.2, 0.25) is 0 Å². The zero-order chi connectivity index (χ0) is 12.1. The predicted molar refractivity (Wildman–Crippen MR) is 69.0 cm³/mol. The van der Waals surface area contributed by atoms with Crippen LogP contribution in [0.1, 0.15) is 23.2 Å². The number of piperidine rings is 1. The molecule has 1 heterocycles. The van der Waals surface area contributed by atoms with Crippen LogP contribution in [0.25, 0.3) is 0 Å². The SMILES string of the molecule is NC(=O)c1ccccc1NCC1CCCNC1. The van der Waals surface area contributed by atoms with Gasteiger partial charge in [-0.15, -0.1) is 0 Å². The van der Waals surface area contributed by atoms with E-state index in [2.05, 4.69) is 10.6 Å². The standard InChI is InChI=1S/C13H19N3O/c14-13(17)11-5-1-2-6-12(11)16-9-10-4-3-7-15-8-10/h1-2,5-6,10,15-16H,3-4,7-9H2,(H2,14,17). The third-order valence-corrected chi connectivity index (χ3v) is 3.17. The molecule has 2 rings (SSSR count). The highest BCUT2D eigenvalue weighted by Crippen LogP contribution is 2.16. The second kappa shape index (κ2) is 5.68. The van der Waals surface area contributed by atoms with Crippen LogP contribution < -0.4 is 16.4 Å². The van der Waals surface area contributed by atoms with Gasteiger partial charge in [-0.25, -0.2) is 0 Å². The number of nitrogens with one attached hydrogen (secondary N) is 2. The summed E-state index contributed by atoms with van der Waals surface area (Å²) in [4.78, 5) is 11.2. The lowest BCUT2D eigenvalue weighted by atomic mass is 9.99. The van der Waals surface area contributed by atoms with Crippen molar-refractivity contribution in [3.63, 3.8) is 0 Å². The Bertz CT molecular complexity index is 386. The molecule has 0 spiro atoms. The fourth-order valence-electron chi connectivity index (χ4n) is 2.20. The third-order valence-electron chi connectivity index (χ3n) is 3.17. The van der Waals surface area contributed by atoms with Gasteiger partial charge in [0.15, 0.2) is 0 Å². The van der Waals surface area contributed by atoms with Gasteiger partial charge >= 0.3 is 0 Å². The lowest BCUT2D eigenvalue weighted by Gasteiger charge is -2.23. The minimum Gasteiger partial charge on any atom is -0.384 e. The molecule has 1 aliphatic rings. The Morgan fingerprint density at radius 1 is 1.47 bits per heavy atom. The van der Waals surface area contributed by atoms with Crippen molar-refractivity contribution in [3.05, 3.63) is 29.8 Å². The molecular formula is C13H19N3O. The first kappa shape index (κ1) is 11.9. The molecule has 1 saturated heterocycles. The summed E-state index contributed by atoms with van der Waals surface area (Å²) in [5.74, 6) is 0.250. The fourth-order valence-corrected chi connectivity index (χ4v) is 2.20. The first-order chi connectivity index (χ1) is 8.27. The zero-order valence-electron chi connectivity index (χ0n) is 9.91. The van der Waals surface area contributed by atoms with Crippen LogP contribution >= 0.6 is 0 Å². The number of carbonyl (C=O) groups excluding carboxylic acids is 1. The number of hydrogen-bond donors (Lipinski definition) is 3. The lowest BCUT2D eigenvalue weighted by molar-refractivity contribution is 0.100. The molecule has 1 fully saturated rings. The van der Waals surface area contributed by atoms with Crippen LogP contribution in [0.4, 0.5) is 5.69 Å². The van der Waals surface area contributed by atoms with Crippen molar-refractivity contribution in [2.24, 2.45) is 11.7 Å². The summed E-state index contributed by atoms with van der Waals surface area (Å²) in [6, 6.07) is 7.39. The first-order valence-corrected chi connectivity index (χ1v) is 6.11. The largest absolute Gasteiger partial charge is 0.384 e. The Hall–Kier alpha value is -1.55. The second-order valence-corrected chi connectivity index (χ2v) is 4.50. The number of benzene rings is 1. The van der Waals surface area contributed by atoms with Crippen LogP contribution in [0.3, 0.4) is 0 Å². The summed E-state index contributed by atoms with van der Waals surface area (Å²) in [6.07, 6.45) is 2.46. The van der Waals surface area contributed by atoms with Crippen molar-refractivity contribution < 1.29 is 4.79 Å². The van der Waals surface area contributed by atoms with Gasteiger partial charge in [0.2, 0.25) is 0 Å². The molecule has 4 nitrogen and oxygen atoms in total. The van der Waals surface area contributed by atoms with Crippen LogP contribution in [-0.2, 0) is 0 Å². The van der Waals surface area contributed by atoms with Gasteiger partial charge in [0.25, 0.3) is 5.91 Å². The summed E-state index contributed by atoms with van der Waals surface area (Å²) in [7, 11) is 0. The van der Waals surface area contributed by atoms with Crippen molar-refractivity contribution >= 4 is 11.6 Å². The van der Waals surface area contributed by atoms with E-state index in [1.807, 2.05) is 18.2 Å². The molecule has 1 amide bonds. The molecule has 92 valence electrons. The molecule has 4 N–H and O–H groups in total. The van der Waals surface area contributed by atoms with Gasteiger partial charge in [-0.2, -0.15) is 0 Å². The molecule has 1 aromatic carbocycles. The van der Waals surface area contributed by atoms with Crippen LogP contribution in [0.5, 0.6) is 0 Å². The molecule has 1 atom stereocenters. The van der Waals surface area contributed by atoms with Crippen molar-refractivity contribution in [2.45, 2.75) is 12.8 Å². The quantitative estimate of drug-likeness (QED) is 0.732. The monoisotopic (exact) mass is 233 g/mol. The highest BCUT2D eigenvalue weighted by Gasteiger charge is 2.13. The number of para-hydroxylation sites is 1. The number of anilines is 1. The maximum atomic E-state index is 11.2. The van der Waals surface area contributed by atoms with Gasteiger partial charge in [0.05, 0.1) is 5.56 Å². The zero-order valence-corrected chi connectivity index (χ0v) is 9.91. The van der Waals surface area contributed by atoms with Crippen molar-refractivity contribution in [3.8, 4) is 0 Å². The smallest absolute Gasteiger partial charge is 0.250 e. The summed E-state index contributed by atoms with van der Waals surface area (Å²) in [6.45, 7) is 3.05. The molecule has 0 saturated carbocycles. The van der Waals surface area contributed by atoms with E-state index >= 15 is 0 Å². The number of carbonyl (C=O) groups is 1. The molecule has 0 radical (unpaired) electrons. The van der Waals surface area contributed by atoms with Gasteiger partial charge in [-0.1, -0.05) is 12.1 Å². The maximum absolute atomic E-state index is 11.2. The van der Waals surface area contributed by atoms with Crippen molar-refractivity contribution in [1.29, 1.82) is 0 Å². The van der Waals surface area contributed by atoms with E-state index in [0.717, 1.165) is 25.3 Å². The van der Waals surface area contributed by atoms with E-state index < -0.39 is 0 Å². The summed E-state index contributed by atoms with van der Waals surface area (Å²) >= 11 is 0. The summed E-state index contributed by atoms with van der Waals surface area (Å²) in [5, 5.41) is 6.70. The van der Waals surface area contributed by atoms with Crippen molar-refractivity contribution in [1.82, 2.24) is 5.32 Å². The molecule has 0 aliphatic carbocycles. The van der Waals surface area contributed by atoms with E-state index in [9.17, 15) is 4.79 Å². The maximum Gasteiger partial charge on any atom is 0.250 e. The number of primary amides is 1. The fraction of sp³-hybridized carbons (Fsp3) is 0.462. The van der Waals surface area contributed by atoms with E-state index in [1.165, 1.54) is 12.8 Å². The van der Waals surface area contributed by atoms with Crippen LogP contribution in [0.15, 0.2) is 24.3 Å². The number of rotatable bonds is 4. The number of nitrogens with two attached hydrogens (primary N) is 1.